The van der Waals surface area contributed by atoms with Crippen molar-refractivity contribution in [3.63, 3.8) is 0 Å². The van der Waals surface area contributed by atoms with Crippen molar-refractivity contribution in [2.24, 2.45) is 0 Å². The standard InChI is InChI=1S/C14H23N3O4S/c1-3-5-6-7-8-15-14(20)16-12-10(13(18)19)11(17-22-12)21-9-4-2/h3-9H2,1-2H3,(H,18,19)(H2,15,16,20). The van der Waals surface area contributed by atoms with Gasteiger partial charge in [-0.25, -0.2) is 9.59 Å². The van der Waals surface area contributed by atoms with Gasteiger partial charge in [-0.1, -0.05) is 33.1 Å². The Labute approximate surface area is 134 Å². The highest BCUT2D eigenvalue weighted by Crippen LogP contribution is 2.30. The lowest BCUT2D eigenvalue weighted by Crippen LogP contribution is -2.29. The number of carbonyl (C=O) groups is 2. The van der Waals surface area contributed by atoms with Crippen LogP contribution in [0.3, 0.4) is 0 Å². The molecule has 0 aromatic carbocycles. The highest BCUT2D eigenvalue weighted by molar-refractivity contribution is 7.11. The number of amides is 2. The molecule has 0 radical (unpaired) electrons. The maximum Gasteiger partial charge on any atom is 0.344 e. The van der Waals surface area contributed by atoms with Crippen LogP contribution in [0.15, 0.2) is 0 Å². The first kappa shape index (κ1) is 18.2. The number of aromatic nitrogens is 1. The quantitative estimate of drug-likeness (QED) is 0.572. The second-order valence-electron chi connectivity index (χ2n) is 4.79. The summed E-state index contributed by atoms with van der Waals surface area (Å²) in [6.45, 7) is 4.98. The van der Waals surface area contributed by atoms with Gasteiger partial charge in [0.05, 0.1) is 6.61 Å². The number of nitrogens with zero attached hydrogens (tertiary/aromatic N) is 1. The summed E-state index contributed by atoms with van der Waals surface area (Å²) in [6.07, 6.45) is 4.99. The molecule has 0 bridgehead atoms. The van der Waals surface area contributed by atoms with Gasteiger partial charge in [0.2, 0.25) is 5.88 Å². The van der Waals surface area contributed by atoms with E-state index in [-0.39, 0.29) is 16.4 Å². The molecule has 0 aliphatic carbocycles. The van der Waals surface area contributed by atoms with Gasteiger partial charge in [-0.2, -0.15) is 4.37 Å². The molecule has 0 saturated heterocycles. The molecule has 7 nitrogen and oxygen atoms in total. The Morgan fingerprint density at radius 2 is 2.00 bits per heavy atom. The minimum Gasteiger partial charge on any atom is -0.477 e. The fourth-order valence-corrected chi connectivity index (χ4v) is 2.47. The summed E-state index contributed by atoms with van der Waals surface area (Å²) in [5, 5.41) is 14.6. The van der Waals surface area contributed by atoms with Crippen molar-refractivity contribution in [2.75, 3.05) is 18.5 Å². The zero-order valence-corrected chi connectivity index (χ0v) is 13.8. The van der Waals surface area contributed by atoms with Gasteiger partial charge < -0.3 is 15.2 Å². The minimum absolute atomic E-state index is 0.0533. The Balaban J connectivity index is 2.55. The highest BCUT2D eigenvalue weighted by atomic mass is 32.1. The molecular weight excluding hydrogens is 306 g/mol. The first-order valence-electron chi connectivity index (χ1n) is 7.50. The minimum atomic E-state index is -1.17. The molecule has 8 heteroatoms. The molecule has 22 heavy (non-hydrogen) atoms. The van der Waals surface area contributed by atoms with Crippen LogP contribution in [-0.4, -0.2) is 34.6 Å². The fraction of sp³-hybridized carbons (Fsp3) is 0.643. The second kappa shape index (κ2) is 9.99. The fourth-order valence-electron chi connectivity index (χ4n) is 1.75. The average molecular weight is 329 g/mol. The number of aromatic carboxylic acids is 1. The Morgan fingerprint density at radius 3 is 2.64 bits per heavy atom. The summed E-state index contributed by atoms with van der Waals surface area (Å²) in [6, 6.07) is -0.426. The average Bonchev–Trinajstić information content (AvgIpc) is 2.87. The SMILES string of the molecule is CCCCCCNC(=O)Nc1snc(OCCC)c1C(=O)O. The number of hydrogen-bond donors (Lipinski definition) is 3. The smallest absolute Gasteiger partial charge is 0.344 e. The molecule has 1 heterocycles. The molecule has 2 amide bonds. The van der Waals surface area contributed by atoms with E-state index < -0.39 is 12.0 Å². The zero-order valence-electron chi connectivity index (χ0n) is 13.0. The van der Waals surface area contributed by atoms with Crippen molar-refractivity contribution in [3.8, 4) is 5.88 Å². The third kappa shape index (κ3) is 5.88. The maximum atomic E-state index is 11.8. The van der Waals surface area contributed by atoms with Crippen molar-refractivity contribution >= 4 is 28.5 Å². The summed E-state index contributed by atoms with van der Waals surface area (Å²) in [5.74, 6) is -1.12. The molecule has 0 aliphatic heterocycles. The molecule has 0 aliphatic rings. The van der Waals surface area contributed by atoms with Crippen LogP contribution >= 0.6 is 11.5 Å². The molecule has 1 rings (SSSR count). The molecule has 0 unspecified atom stereocenters. The predicted molar refractivity (Wildman–Crippen MR) is 86.0 cm³/mol. The van der Waals surface area contributed by atoms with Crippen molar-refractivity contribution in [3.05, 3.63) is 5.56 Å². The molecule has 124 valence electrons. The molecule has 0 atom stereocenters. The Morgan fingerprint density at radius 1 is 1.23 bits per heavy atom. The third-order valence-electron chi connectivity index (χ3n) is 2.86. The highest BCUT2D eigenvalue weighted by Gasteiger charge is 2.23. The van der Waals surface area contributed by atoms with Crippen LogP contribution in [0.2, 0.25) is 0 Å². The van der Waals surface area contributed by atoms with E-state index in [1.165, 1.54) is 0 Å². The van der Waals surface area contributed by atoms with Crippen LogP contribution in [0.1, 0.15) is 56.3 Å². The zero-order chi connectivity index (χ0) is 16.4. The monoisotopic (exact) mass is 329 g/mol. The van der Waals surface area contributed by atoms with Gasteiger partial charge in [0.25, 0.3) is 0 Å². The van der Waals surface area contributed by atoms with Crippen LogP contribution in [-0.2, 0) is 0 Å². The lowest BCUT2D eigenvalue weighted by molar-refractivity contribution is 0.0693. The normalized spacial score (nSPS) is 10.3. The Bertz CT molecular complexity index is 490. The first-order valence-corrected chi connectivity index (χ1v) is 8.28. The van der Waals surface area contributed by atoms with E-state index in [4.69, 9.17) is 4.74 Å². The Hall–Kier alpha value is -1.83. The predicted octanol–water partition coefficient (Wildman–Crippen LogP) is 3.33. The maximum absolute atomic E-state index is 11.8. The van der Waals surface area contributed by atoms with Crippen LogP contribution in [0.4, 0.5) is 9.80 Å². The van der Waals surface area contributed by atoms with Crippen LogP contribution in [0.25, 0.3) is 0 Å². The second-order valence-corrected chi connectivity index (χ2v) is 5.56. The van der Waals surface area contributed by atoms with Crippen molar-refractivity contribution in [1.82, 2.24) is 9.69 Å². The first-order chi connectivity index (χ1) is 10.6. The van der Waals surface area contributed by atoms with Crippen molar-refractivity contribution in [1.29, 1.82) is 0 Å². The number of unbranched alkanes of at least 4 members (excludes halogenated alkanes) is 3. The van der Waals surface area contributed by atoms with Gasteiger partial charge in [-0.15, -0.1) is 0 Å². The summed E-state index contributed by atoms with van der Waals surface area (Å²) in [4.78, 5) is 23.1. The Kier molecular flexibility index (Phi) is 8.27. The number of hydrogen-bond acceptors (Lipinski definition) is 5. The lowest BCUT2D eigenvalue weighted by atomic mass is 10.2. The number of carboxylic acid groups (broad SMARTS) is 1. The number of carboxylic acids is 1. The largest absolute Gasteiger partial charge is 0.477 e. The number of urea groups is 1. The van der Waals surface area contributed by atoms with Gasteiger partial charge in [0.1, 0.15) is 5.00 Å². The van der Waals surface area contributed by atoms with E-state index >= 15 is 0 Å². The molecule has 3 N–H and O–H groups in total. The summed E-state index contributed by atoms with van der Waals surface area (Å²) < 4.78 is 9.23. The van der Waals surface area contributed by atoms with Gasteiger partial charge in [-0.3, -0.25) is 5.32 Å². The summed E-state index contributed by atoms with van der Waals surface area (Å²) >= 11 is 0.903. The number of ether oxygens (including phenoxy) is 1. The van der Waals surface area contributed by atoms with Crippen LogP contribution in [0, 0.1) is 0 Å². The number of rotatable bonds is 10. The van der Waals surface area contributed by atoms with E-state index in [2.05, 4.69) is 21.9 Å². The molecule has 0 spiro atoms. The van der Waals surface area contributed by atoms with Gasteiger partial charge in [0, 0.05) is 6.54 Å². The molecule has 0 fully saturated rings. The lowest BCUT2D eigenvalue weighted by Gasteiger charge is -2.07. The number of anilines is 1. The van der Waals surface area contributed by atoms with E-state index in [1.54, 1.807) is 0 Å². The van der Waals surface area contributed by atoms with E-state index in [0.29, 0.717) is 13.2 Å². The van der Waals surface area contributed by atoms with Gasteiger partial charge in [0.15, 0.2) is 5.56 Å². The van der Waals surface area contributed by atoms with Crippen molar-refractivity contribution in [2.45, 2.75) is 46.0 Å². The third-order valence-corrected chi connectivity index (χ3v) is 3.61. The van der Waals surface area contributed by atoms with Gasteiger partial charge in [-0.05, 0) is 24.4 Å². The van der Waals surface area contributed by atoms with E-state index in [0.717, 1.165) is 43.6 Å². The topological polar surface area (TPSA) is 101 Å². The van der Waals surface area contributed by atoms with Gasteiger partial charge >= 0.3 is 12.0 Å². The molecule has 0 saturated carbocycles. The molecular formula is C14H23N3O4S. The van der Waals surface area contributed by atoms with E-state index in [9.17, 15) is 14.7 Å². The van der Waals surface area contributed by atoms with Crippen LogP contribution < -0.4 is 15.4 Å². The molecule has 1 aromatic rings. The van der Waals surface area contributed by atoms with Crippen molar-refractivity contribution < 1.29 is 19.4 Å². The number of nitrogens with one attached hydrogen (secondary N) is 2. The molecule has 1 aromatic heterocycles. The van der Waals surface area contributed by atoms with Crippen LogP contribution in [0.5, 0.6) is 5.88 Å². The summed E-state index contributed by atoms with van der Waals surface area (Å²) in [5.41, 5.74) is -0.0976. The number of carbonyl (C=O) groups excluding carboxylic acids is 1. The summed E-state index contributed by atoms with van der Waals surface area (Å²) in [7, 11) is 0. The van der Waals surface area contributed by atoms with E-state index in [1.807, 2.05) is 6.92 Å².